The summed E-state index contributed by atoms with van der Waals surface area (Å²) in [7, 11) is 6.69. The van der Waals surface area contributed by atoms with Gasteiger partial charge in [0.15, 0.2) is 0 Å². The molecule has 0 radical (unpaired) electrons. The molecular formula is C11H26BN. The number of nitrogens with zero attached hydrogens (tertiary/aromatic N) is 1. The van der Waals surface area contributed by atoms with E-state index in [1.54, 1.807) is 0 Å². The van der Waals surface area contributed by atoms with Crippen molar-refractivity contribution in [1.29, 1.82) is 0 Å². The van der Waals surface area contributed by atoms with Crippen LogP contribution in [-0.4, -0.2) is 32.9 Å². The second-order valence-corrected chi connectivity index (χ2v) is 5.92. The molecule has 0 bridgehead atoms. The summed E-state index contributed by atoms with van der Waals surface area (Å²) in [5.74, 6) is 0.831. The van der Waals surface area contributed by atoms with Gasteiger partial charge in [0.05, 0.1) is 0 Å². The first-order chi connectivity index (χ1) is 5.72. The maximum Gasteiger partial charge on any atom is 0.105 e. The fourth-order valence-electron chi connectivity index (χ4n) is 1.92. The standard InChI is InChI=1S/C11H26BN/c1-9(13(5)6)7-10(12)8-11(2,3)4/h9-10H,7-8,12H2,1-6H3. The van der Waals surface area contributed by atoms with Crippen molar-refractivity contribution in [3.8, 4) is 0 Å². The van der Waals surface area contributed by atoms with E-state index in [1.807, 2.05) is 0 Å². The molecule has 2 atom stereocenters. The van der Waals surface area contributed by atoms with E-state index in [0.717, 1.165) is 5.82 Å². The normalized spacial score (nSPS) is 17.5. The lowest BCUT2D eigenvalue weighted by Crippen LogP contribution is -2.26. The van der Waals surface area contributed by atoms with Crippen LogP contribution in [0.4, 0.5) is 0 Å². The summed E-state index contributed by atoms with van der Waals surface area (Å²) in [4.78, 5) is 2.30. The lowest BCUT2D eigenvalue weighted by molar-refractivity contribution is 0.272. The largest absolute Gasteiger partial charge is 0.307 e. The van der Waals surface area contributed by atoms with Crippen LogP contribution in [0.3, 0.4) is 0 Å². The third kappa shape index (κ3) is 7.12. The second kappa shape index (κ2) is 5.04. The zero-order chi connectivity index (χ0) is 10.6. The van der Waals surface area contributed by atoms with Crippen molar-refractivity contribution in [2.75, 3.05) is 14.1 Å². The van der Waals surface area contributed by atoms with E-state index in [9.17, 15) is 0 Å². The topological polar surface area (TPSA) is 3.24 Å². The van der Waals surface area contributed by atoms with Crippen molar-refractivity contribution in [1.82, 2.24) is 4.90 Å². The third-order valence-corrected chi connectivity index (χ3v) is 2.59. The fourth-order valence-corrected chi connectivity index (χ4v) is 1.92. The molecule has 0 rings (SSSR count). The van der Waals surface area contributed by atoms with E-state index in [1.165, 1.54) is 12.8 Å². The third-order valence-electron chi connectivity index (χ3n) is 2.59. The van der Waals surface area contributed by atoms with Crippen LogP contribution < -0.4 is 0 Å². The van der Waals surface area contributed by atoms with Crippen molar-refractivity contribution in [2.24, 2.45) is 5.41 Å². The van der Waals surface area contributed by atoms with Gasteiger partial charge in [0.25, 0.3) is 0 Å². The van der Waals surface area contributed by atoms with Gasteiger partial charge in [0.1, 0.15) is 7.85 Å². The number of hydrogen-bond donors (Lipinski definition) is 0. The van der Waals surface area contributed by atoms with E-state index >= 15 is 0 Å². The van der Waals surface area contributed by atoms with Crippen LogP contribution in [0.5, 0.6) is 0 Å². The van der Waals surface area contributed by atoms with E-state index in [-0.39, 0.29) is 0 Å². The molecule has 0 aliphatic carbocycles. The summed E-state index contributed by atoms with van der Waals surface area (Å²) in [5.41, 5.74) is 0.478. The van der Waals surface area contributed by atoms with Gasteiger partial charge in [-0.05, 0) is 32.9 Å². The molecule has 0 aromatic carbocycles. The number of rotatable bonds is 4. The van der Waals surface area contributed by atoms with E-state index in [4.69, 9.17) is 0 Å². The molecule has 0 fully saturated rings. The van der Waals surface area contributed by atoms with Gasteiger partial charge in [-0.1, -0.05) is 33.0 Å². The van der Waals surface area contributed by atoms with Crippen molar-refractivity contribution in [3.63, 3.8) is 0 Å². The Hall–Kier alpha value is 0.0249. The summed E-state index contributed by atoms with van der Waals surface area (Å²) in [6.45, 7) is 9.27. The highest BCUT2D eigenvalue weighted by atomic mass is 15.1. The predicted octanol–water partition coefficient (Wildman–Crippen LogP) is 2.18. The molecule has 0 N–H and O–H groups in total. The Morgan fingerprint density at radius 2 is 1.69 bits per heavy atom. The first-order valence-corrected chi connectivity index (χ1v) is 5.39. The highest BCUT2D eigenvalue weighted by Gasteiger charge is 2.17. The molecule has 0 aromatic heterocycles. The zero-order valence-corrected chi connectivity index (χ0v) is 10.5. The highest BCUT2D eigenvalue weighted by Crippen LogP contribution is 2.29. The monoisotopic (exact) mass is 183 g/mol. The average Bonchev–Trinajstić information content (AvgIpc) is 1.81. The SMILES string of the molecule is BC(CC(C)N(C)C)CC(C)(C)C. The summed E-state index contributed by atoms with van der Waals surface area (Å²) in [6.07, 6.45) is 2.63. The highest BCUT2D eigenvalue weighted by molar-refractivity contribution is 6.11. The van der Waals surface area contributed by atoms with Gasteiger partial charge in [-0.25, -0.2) is 0 Å². The average molecular weight is 183 g/mol. The molecule has 0 aromatic rings. The molecule has 0 spiro atoms. The molecule has 2 heteroatoms. The maximum atomic E-state index is 2.37. The molecule has 0 aliphatic heterocycles. The Morgan fingerprint density at radius 3 is 2.00 bits per heavy atom. The Bertz CT molecular complexity index is 138. The molecule has 0 amide bonds. The molecule has 0 aliphatic rings. The van der Waals surface area contributed by atoms with Crippen LogP contribution >= 0.6 is 0 Å². The summed E-state index contributed by atoms with van der Waals surface area (Å²) in [6, 6.07) is 0.706. The smallest absolute Gasteiger partial charge is 0.105 e. The predicted molar refractivity (Wildman–Crippen MR) is 64.1 cm³/mol. The van der Waals surface area contributed by atoms with Crippen LogP contribution in [0.15, 0.2) is 0 Å². The molecule has 0 saturated heterocycles. The van der Waals surface area contributed by atoms with Gasteiger partial charge in [-0.15, -0.1) is 0 Å². The minimum absolute atomic E-state index is 0.478. The zero-order valence-electron chi connectivity index (χ0n) is 10.5. The van der Waals surface area contributed by atoms with E-state index < -0.39 is 0 Å². The molecule has 13 heavy (non-hydrogen) atoms. The first kappa shape index (κ1) is 13.0. The van der Waals surface area contributed by atoms with Crippen molar-refractivity contribution in [3.05, 3.63) is 0 Å². The van der Waals surface area contributed by atoms with Crippen molar-refractivity contribution in [2.45, 2.75) is 52.4 Å². The maximum absolute atomic E-state index is 2.37. The molecule has 0 saturated carbocycles. The van der Waals surface area contributed by atoms with Crippen LogP contribution in [-0.2, 0) is 0 Å². The van der Waals surface area contributed by atoms with Crippen LogP contribution in [0.2, 0.25) is 5.82 Å². The van der Waals surface area contributed by atoms with Crippen LogP contribution in [0, 0.1) is 5.41 Å². The van der Waals surface area contributed by atoms with Gasteiger partial charge in [0.2, 0.25) is 0 Å². The van der Waals surface area contributed by atoms with Gasteiger partial charge >= 0.3 is 0 Å². The minimum atomic E-state index is 0.478. The summed E-state index contributed by atoms with van der Waals surface area (Å²) in [5, 5.41) is 0. The van der Waals surface area contributed by atoms with E-state index in [2.05, 4.69) is 54.5 Å². The van der Waals surface area contributed by atoms with Gasteiger partial charge < -0.3 is 4.90 Å². The Kier molecular flexibility index (Phi) is 5.05. The molecule has 0 heterocycles. The molecular weight excluding hydrogens is 157 g/mol. The fraction of sp³-hybridized carbons (Fsp3) is 1.00. The van der Waals surface area contributed by atoms with E-state index in [0.29, 0.717) is 11.5 Å². The quantitative estimate of drug-likeness (QED) is 0.604. The molecule has 1 nitrogen and oxygen atoms in total. The molecule has 78 valence electrons. The minimum Gasteiger partial charge on any atom is -0.307 e. The lowest BCUT2D eigenvalue weighted by Gasteiger charge is -2.28. The summed E-state index contributed by atoms with van der Waals surface area (Å²) >= 11 is 0. The Labute approximate surface area is 85.3 Å². The van der Waals surface area contributed by atoms with Gasteiger partial charge in [0, 0.05) is 6.04 Å². The Balaban J connectivity index is 3.81. The second-order valence-electron chi connectivity index (χ2n) is 5.92. The summed E-state index contributed by atoms with van der Waals surface area (Å²) < 4.78 is 0. The van der Waals surface area contributed by atoms with Crippen LogP contribution in [0.25, 0.3) is 0 Å². The number of hydrogen-bond acceptors (Lipinski definition) is 1. The first-order valence-electron chi connectivity index (χ1n) is 5.39. The van der Waals surface area contributed by atoms with Gasteiger partial charge in [-0.3, -0.25) is 0 Å². The lowest BCUT2D eigenvalue weighted by atomic mass is 9.72. The Morgan fingerprint density at radius 1 is 1.23 bits per heavy atom. The van der Waals surface area contributed by atoms with Gasteiger partial charge in [-0.2, -0.15) is 0 Å². The van der Waals surface area contributed by atoms with Crippen LogP contribution in [0.1, 0.15) is 40.5 Å². The molecule has 2 unspecified atom stereocenters. The van der Waals surface area contributed by atoms with Crippen molar-refractivity contribution < 1.29 is 0 Å². The van der Waals surface area contributed by atoms with Crippen molar-refractivity contribution >= 4 is 7.85 Å².